The zero-order chi connectivity index (χ0) is 16.5. The van der Waals surface area contributed by atoms with Crippen LogP contribution in [-0.2, 0) is 4.79 Å². The molecule has 1 fully saturated rings. The van der Waals surface area contributed by atoms with Gasteiger partial charge < -0.3 is 5.11 Å². The lowest BCUT2D eigenvalue weighted by Crippen LogP contribution is -2.51. The SMILES string of the molecule is CC1=CC(=O)C[C@H]2[C@](C)(CCC(C)CCO)[C@@H](C)CC[C@@]12C. The Morgan fingerprint density at radius 1 is 1.36 bits per heavy atom. The maximum absolute atomic E-state index is 12.2. The van der Waals surface area contributed by atoms with Crippen molar-refractivity contribution in [3.63, 3.8) is 0 Å². The van der Waals surface area contributed by atoms with Crippen molar-refractivity contribution in [3.05, 3.63) is 11.6 Å². The number of allylic oxidation sites excluding steroid dienone is 2. The molecule has 2 rings (SSSR count). The third-order valence-electron chi connectivity index (χ3n) is 7.27. The van der Waals surface area contributed by atoms with Crippen LogP contribution in [0.4, 0.5) is 0 Å². The van der Waals surface area contributed by atoms with Gasteiger partial charge in [0.2, 0.25) is 0 Å². The van der Waals surface area contributed by atoms with Crippen LogP contribution in [0.3, 0.4) is 0 Å². The predicted octanol–water partition coefficient (Wildman–Crippen LogP) is 4.76. The van der Waals surface area contributed by atoms with E-state index in [1.54, 1.807) is 0 Å². The first-order chi connectivity index (χ1) is 10.2. The van der Waals surface area contributed by atoms with Crippen LogP contribution in [-0.4, -0.2) is 17.5 Å². The molecule has 2 heteroatoms. The molecule has 0 amide bonds. The third-order valence-corrected chi connectivity index (χ3v) is 7.27. The Morgan fingerprint density at radius 2 is 2.05 bits per heavy atom. The Bertz CT molecular complexity index is 453. The zero-order valence-electron chi connectivity index (χ0n) is 15.1. The molecule has 126 valence electrons. The summed E-state index contributed by atoms with van der Waals surface area (Å²) in [7, 11) is 0. The summed E-state index contributed by atoms with van der Waals surface area (Å²) < 4.78 is 0. The van der Waals surface area contributed by atoms with Gasteiger partial charge in [-0.2, -0.15) is 0 Å². The number of hydrogen-bond acceptors (Lipinski definition) is 2. The number of ketones is 1. The van der Waals surface area contributed by atoms with E-state index in [2.05, 4.69) is 34.6 Å². The lowest BCUT2D eigenvalue weighted by molar-refractivity contribution is -0.123. The van der Waals surface area contributed by atoms with E-state index in [9.17, 15) is 4.79 Å². The molecule has 0 aliphatic heterocycles. The Hall–Kier alpha value is -0.630. The van der Waals surface area contributed by atoms with Gasteiger partial charge in [0.25, 0.3) is 0 Å². The van der Waals surface area contributed by atoms with Gasteiger partial charge in [0.15, 0.2) is 5.78 Å². The van der Waals surface area contributed by atoms with Gasteiger partial charge in [-0.05, 0) is 67.3 Å². The summed E-state index contributed by atoms with van der Waals surface area (Å²) in [4.78, 5) is 12.2. The van der Waals surface area contributed by atoms with Crippen molar-refractivity contribution in [3.8, 4) is 0 Å². The van der Waals surface area contributed by atoms with Crippen molar-refractivity contribution >= 4 is 5.78 Å². The maximum atomic E-state index is 12.2. The van der Waals surface area contributed by atoms with Crippen LogP contribution >= 0.6 is 0 Å². The van der Waals surface area contributed by atoms with Crippen LogP contribution in [0, 0.1) is 28.6 Å². The van der Waals surface area contributed by atoms with Gasteiger partial charge in [0, 0.05) is 13.0 Å². The second kappa shape index (κ2) is 6.47. The molecule has 1 saturated carbocycles. The average Bonchev–Trinajstić information content (AvgIpc) is 2.45. The van der Waals surface area contributed by atoms with Gasteiger partial charge in [-0.1, -0.05) is 39.7 Å². The summed E-state index contributed by atoms with van der Waals surface area (Å²) in [5, 5.41) is 9.14. The summed E-state index contributed by atoms with van der Waals surface area (Å²) in [6.07, 6.45) is 8.34. The number of aliphatic hydroxyl groups excluding tert-OH is 1. The molecule has 5 atom stereocenters. The first-order valence-corrected chi connectivity index (χ1v) is 9.06. The van der Waals surface area contributed by atoms with Crippen molar-refractivity contribution in [1.82, 2.24) is 0 Å². The van der Waals surface area contributed by atoms with E-state index in [4.69, 9.17) is 5.11 Å². The molecule has 0 aromatic carbocycles. The average molecular weight is 306 g/mol. The van der Waals surface area contributed by atoms with Crippen molar-refractivity contribution < 1.29 is 9.90 Å². The van der Waals surface area contributed by atoms with Gasteiger partial charge >= 0.3 is 0 Å². The molecule has 0 aromatic rings. The van der Waals surface area contributed by atoms with Gasteiger partial charge in [0.05, 0.1) is 0 Å². The highest BCUT2D eigenvalue weighted by molar-refractivity contribution is 5.92. The lowest BCUT2D eigenvalue weighted by atomic mass is 9.46. The van der Waals surface area contributed by atoms with Crippen molar-refractivity contribution in [2.24, 2.45) is 28.6 Å². The topological polar surface area (TPSA) is 37.3 Å². The molecule has 1 unspecified atom stereocenters. The highest BCUT2D eigenvalue weighted by Crippen LogP contribution is 2.61. The fourth-order valence-corrected chi connectivity index (χ4v) is 5.03. The first-order valence-electron chi connectivity index (χ1n) is 9.06. The standard InChI is InChI=1S/C20H34O2/c1-14(8-11-21)6-9-19(4)15(2)7-10-20(5)16(3)12-17(22)13-18(19)20/h12,14-15,18,21H,6-11,13H2,1-5H3/t14?,15-,18-,19+,20-/m0/s1. The van der Waals surface area contributed by atoms with Gasteiger partial charge in [-0.15, -0.1) is 0 Å². The molecule has 22 heavy (non-hydrogen) atoms. The number of fused-ring (bicyclic) bond motifs is 1. The summed E-state index contributed by atoms with van der Waals surface area (Å²) in [5.74, 6) is 2.04. The smallest absolute Gasteiger partial charge is 0.155 e. The Balaban J connectivity index is 2.24. The lowest BCUT2D eigenvalue weighted by Gasteiger charge is -2.57. The van der Waals surface area contributed by atoms with E-state index in [1.165, 1.54) is 24.8 Å². The summed E-state index contributed by atoms with van der Waals surface area (Å²) >= 11 is 0. The van der Waals surface area contributed by atoms with E-state index < -0.39 is 0 Å². The highest BCUT2D eigenvalue weighted by atomic mass is 16.3. The molecule has 0 bridgehead atoms. The Kier molecular flexibility index (Phi) is 5.21. The molecule has 2 aliphatic carbocycles. The van der Waals surface area contributed by atoms with E-state index in [1.807, 2.05) is 6.08 Å². The Morgan fingerprint density at radius 3 is 2.68 bits per heavy atom. The summed E-state index contributed by atoms with van der Waals surface area (Å²) in [6.45, 7) is 11.9. The van der Waals surface area contributed by atoms with E-state index in [0.29, 0.717) is 23.5 Å². The largest absolute Gasteiger partial charge is 0.396 e. The molecule has 2 nitrogen and oxygen atoms in total. The van der Waals surface area contributed by atoms with Crippen molar-refractivity contribution in [2.45, 2.75) is 73.1 Å². The van der Waals surface area contributed by atoms with Crippen LogP contribution in [0.1, 0.15) is 73.1 Å². The molecule has 0 heterocycles. The number of hydrogen-bond donors (Lipinski definition) is 1. The minimum Gasteiger partial charge on any atom is -0.396 e. The minimum absolute atomic E-state index is 0.204. The predicted molar refractivity (Wildman–Crippen MR) is 91.6 cm³/mol. The number of rotatable bonds is 5. The molecule has 0 radical (unpaired) electrons. The normalized spacial score (nSPS) is 40.1. The van der Waals surface area contributed by atoms with Gasteiger partial charge in [0.1, 0.15) is 0 Å². The van der Waals surface area contributed by atoms with Crippen LogP contribution in [0.15, 0.2) is 11.6 Å². The quantitative estimate of drug-likeness (QED) is 0.795. The molecule has 1 N–H and O–H groups in total. The fraction of sp³-hybridized carbons (Fsp3) is 0.850. The third kappa shape index (κ3) is 3.04. The van der Waals surface area contributed by atoms with Crippen molar-refractivity contribution in [1.29, 1.82) is 0 Å². The van der Waals surface area contributed by atoms with Crippen LogP contribution < -0.4 is 0 Å². The van der Waals surface area contributed by atoms with Crippen molar-refractivity contribution in [2.75, 3.05) is 6.61 Å². The van der Waals surface area contributed by atoms with Gasteiger partial charge in [-0.25, -0.2) is 0 Å². The molecule has 0 aromatic heterocycles. The second-order valence-electron chi connectivity index (χ2n) is 8.57. The number of aliphatic hydroxyl groups is 1. The van der Waals surface area contributed by atoms with Gasteiger partial charge in [-0.3, -0.25) is 4.79 Å². The van der Waals surface area contributed by atoms with Crippen LogP contribution in [0.25, 0.3) is 0 Å². The first kappa shape index (κ1) is 17.7. The second-order valence-corrected chi connectivity index (χ2v) is 8.57. The number of carbonyl (C=O) groups excluding carboxylic acids is 1. The molecular formula is C20H34O2. The molecule has 2 aliphatic rings. The highest BCUT2D eigenvalue weighted by Gasteiger charge is 2.54. The number of carbonyl (C=O) groups is 1. The van der Waals surface area contributed by atoms with Crippen LogP contribution in [0.2, 0.25) is 0 Å². The monoisotopic (exact) mass is 306 g/mol. The maximum Gasteiger partial charge on any atom is 0.155 e. The molecular weight excluding hydrogens is 272 g/mol. The van der Waals surface area contributed by atoms with Crippen LogP contribution in [0.5, 0.6) is 0 Å². The molecule has 0 saturated heterocycles. The molecule has 0 spiro atoms. The van der Waals surface area contributed by atoms with E-state index >= 15 is 0 Å². The summed E-state index contributed by atoms with van der Waals surface area (Å²) in [6, 6.07) is 0. The summed E-state index contributed by atoms with van der Waals surface area (Å²) in [5.41, 5.74) is 1.74. The zero-order valence-corrected chi connectivity index (χ0v) is 15.1. The van der Waals surface area contributed by atoms with E-state index in [-0.39, 0.29) is 17.4 Å². The Labute approximate surface area is 136 Å². The minimum atomic E-state index is 0.204. The van der Waals surface area contributed by atoms with E-state index in [0.717, 1.165) is 19.3 Å². The fourth-order valence-electron chi connectivity index (χ4n) is 5.03.